The molecule has 0 saturated carbocycles. The third-order valence-electron chi connectivity index (χ3n) is 1.50. The standard InChI is InChI=1S/C8H16NO5P/c1-3-14-8(10)7(9)4-6(2)5-15(11,12)13/h4,6H,3,5,9H2,1-2H3,(H2,11,12,13)/b7-4+. The molecule has 0 heterocycles. The Bertz CT molecular complexity index is 295. The largest absolute Gasteiger partial charge is 0.461 e. The quantitative estimate of drug-likeness (QED) is 0.358. The number of hydrogen-bond donors (Lipinski definition) is 3. The molecule has 0 aromatic rings. The van der Waals surface area contributed by atoms with Gasteiger partial charge in [0.2, 0.25) is 0 Å². The van der Waals surface area contributed by atoms with E-state index in [9.17, 15) is 9.36 Å². The molecule has 4 N–H and O–H groups in total. The normalized spacial score (nSPS) is 14.8. The van der Waals surface area contributed by atoms with E-state index in [0.29, 0.717) is 0 Å². The zero-order valence-electron chi connectivity index (χ0n) is 8.71. The van der Waals surface area contributed by atoms with Crippen molar-refractivity contribution in [3.63, 3.8) is 0 Å². The highest BCUT2D eigenvalue weighted by Gasteiger charge is 2.18. The van der Waals surface area contributed by atoms with Crippen LogP contribution in [-0.4, -0.2) is 28.5 Å². The van der Waals surface area contributed by atoms with Crippen LogP contribution in [0.2, 0.25) is 0 Å². The van der Waals surface area contributed by atoms with Crippen LogP contribution < -0.4 is 5.73 Å². The second-order valence-corrected chi connectivity index (χ2v) is 4.86. The maximum Gasteiger partial charge on any atom is 0.353 e. The van der Waals surface area contributed by atoms with Crippen LogP contribution in [-0.2, 0) is 14.1 Å². The van der Waals surface area contributed by atoms with E-state index < -0.39 is 19.5 Å². The maximum atomic E-state index is 11.0. The van der Waals surface area contributed by atoms with Crippen molar-refractivity contribution in [2.45, 2.75) is 13.8 Å². The van der Waals surface area contributed by atoms with Gasteiger partial charge in [-0.3, -0.25) is 4.57 Å². The van der Waals surface area contributed by atoms with E-state index in [0.717, 1.165) is 0 Å². The first-order valence-electron chi connectivity index (χ1n) is 4.45. The van der Waals surface area contributed by atoms with Crippen LogP contribution in [0.3, 0.4) is 0 Å². The predicted octanol–water partition coefficient (Wildman–Crippen LogP) is 0.206. The molecule has 88 valence electrons. The molecule has 1 unspecified atom stereocenters. The van der Waals surface area contributed by atoms with Crippen molar-refractivity contribution in [2.75, 3.05) is 12.8 Å². The number of allylic oxidation sites excluding steroid dienone is 1. The molecule has 0 aliphatic carbocycles. The minimum atomic E-state index is -4.08. The number of rotatable bonds is 5. The molecule has 0 amide bonds. The molecular formula is C8H16NO5P. The molecule has 6 nitrogen and oxygen atoms in total. The van der Waals surface area contributed by atoms with Gasteiger partial charge in [-0.05, 0) is 12.8 Å². The third-order valence-corrected chi connectivity index (χ3v) is 2.55. The smallest absolute Gasteiger partial charge is 0.353 e. The summed E-state index contributed by atoms with van der Waals surface area (Å²) in [6.07, 6.45) is 0.949. The zero-order valence-corrected chi connectivity index (χ0v) is 9.61. The van der Waals surface area contributed by atoms with Gasteiger partial charge in [0.25, 0.3) is 0 Å². The van der Waals surface area contributed by atoms with Crippen LogP contribution in [0.5, 0.6) is 0 Å². The summed E-state index contributed by atoms with van der Waals surface area (Å²) < 4.78 is 15.2. The van der Waals surface area contributed by atoms with Crippen LogP contribution >= 0.6 is 7.60 Å². The van der Waals surface area contributed by atoms with E-state index in [1.54, 1.807) is 13.8 Å². The number of esters is 1. The molecule has 7 heteroatoms. The average molecular weight is 237 g/mol. The molecule has 0 rings (SSSR count). The fraction of sp³-hybridized carbons (Fsp3) is 0.625. The summed E-state index contributed by atoms with van der Waals surface area (Å²) in [5.74, 6) is -1.15. The summed E-state index contributed by atoms with van der Waals surface area (Å²) in [5.41, 5.74) is 5.23. The Labute approximate surface area is 88.3 Å². The minimum Gasteiger partial charge on any atom is -0.461 e. The highest BCUT2D eigenvalue weighted by atomic mass is 31.2. The Morgan fingerprint density at radius 3 is 2.53 bits per heavy atom. The summed E-state index contributed by atoms with van der Waals surface area (Å²) >= 11 is 0. The average Bonchev–Trinajstić information content (AvgIpc) is 2.00. The van der Waals surface area contributed by atoms with Gasteiger partial charge >= 0.3 is 13.6 Å². The summed E-state index contributed by atoms with van der Waals surface area (Å²) in [6.45, 7) is 3.41. The van der Waals surface area contributed by atoms with Crippen molar-refractivity contribution >= 4 is 13.6 Å². The molecule has 0 aliphatic heterocycles. The van der Waals surface area contributed by atoms with E-state index >= 15 is 0 Å². The molecule has 0 saturated heterocycles. The lowest BCUT2D eigenvalue weighted by atomic mass is 10.2. The lowest BCUT2D eigenvalue weighted by Gasteiger charge is -2.09. The highest BCUT2D eigenvalue weighted by Crippen LogP contribution is 2.37. The van der Waals surface area contributed by atoms with Crippen molar-refractivity contribution < 1.29 is 23.9 Å². The van der Waals surface area contributed by atoms with E-state index in [1.165, 1.54) is 6.08 Å². The SMILES string of the molecule is CCOC(=O)/C(N)=C\C(C)CP(=O)(O)O. The fourth-order valence-electron chi connectivity index (χ4n) is 1.02. The third kappa shape index (κ3) is 7.13. The van der Waals surface area contributed by atoms with Gasteiger partial charge in [0.15, 0.2) is 0 Å². The van der Waals surface area contributed by atoms with Crippen LogP contribution in [0.15, 0.2) is 11.8 Å². The summed E-state index contributed by atoms with van der Waals surface area (Å²) in [5, 5.41) is 0. The fourth-order valence-corrected chi connectivity index (χ4v) is 1.87. The topological polar surface area (TPSA) is 110 Å². The highest BCUT2D eigenvalue weighted by molar-refractivity contribution is 7.51. The number of nitrogens with two attached hydrogens (primary N) is 1. The van der Waals surface area contributed by atoms with Gasteiger partial charge in [-0.2, -0.15) is 0 Å². The lowest BCUT2D eigenvalue weighted by molar-refractivity contribution is -0.138. The van der Waals surface area contributed by atoms with Gasteiger partial charge in [-0.25, -0.2) is 4.79 Å². The first kappa shape index (κ1) is 14.2. The van der Waals surface area contributed by atoms with Gasteiger partial charge in [-0.1, -0.05) is 13.0 Å². The lowest BCUT2D eigenvalue weighted by Crippen LogP contribution is -2.16. The maximum absolute atomic E-state index is 11.0. The van der Waals surface area contributed by atoms with E-state index in [-0.39, 0.29) is 18.5 Å². The zero-order chi connectivity index (χ0) is 12.1. The molecule has 0 radical (unpaired) electrons. The Hall–Kier alpha value is -0.840. The summed E-state index contributed by atoms with van der Waals surface area (Å²) in [6, 6.07) is 0. The van der Waals surface area contributed by atoms with E-state index in [4.69, 9.17) is 15.5 Å². The van der Waals surface area contributed by atoms with Gasteiger partial charge in [-0.15, -0.1) is 0 Å². The molecule has 15 heavy (non-hydrogen) atoms. The second kappa shape index (κ2) is 5.90. The Balaban J connectivity index is 4.35. The molecular weight excluding hydrogens is 221 g/mol. The van der Waals surface area contributed by atoms with Gasteiger partial charge < -0.3 is 20.3 Å². The second-order valence-electron chi connectivity index (χ2n) is 3.17. The van der Waals surface area contributed by atoms with Gasteiger partial charge in [0, 0.05) is 0 Å². The number of ether oxygens (including phenoxy) is 1. The predicted molar refractivity (Wildman–Crippen MR) is 55.0 cm³/mol. The van der Waals surface area contributed by atoms with Crippen LogP contribution in [0, 0.1) is 5.92 Å². The molecule has 0 bridgehead atoms. The van der Waals surface area contributed by atoms with Crippen LogP contribution in [0.4, 0.5) is 0 Å². The van der Waals surface area contributed by atoms with E-state index in [1.807, 2.05) is 0 Å². The Morgan fingerprint density at radius 1 is 1.60 bits per heavy atom. The molecule has 0 fully saturated rings. The number of carbonyl (C=O) groups excluding carboxylic acids is 1. The summed E-state index contributed by atoms with van der Waals surface area (Å²) in [7, 11) is -4.08. The van der Waals surface area contributed by atoms with Gasteiger partial charge in [0.05, 0.1) is 12.8 Å². The molecule has 0 aromatic carbocycles. The van der Waals surface area contributed by atoms with Crippen molar-refractivity contribution in [3.8, 4) is 0 Å². The minimum absolute atomic E-state index is 0.127. The molecule has 1 atom stereocenters. The van der Waals surface area contributed by atoms with Crippen molar-refractivity contribution in [1.82, 2.24) is 0 Å². The van der Waals surface area contributed by atoms with E-state index in [2.05, 4.69) is 4.74 Å². The molecule has 0 spiro atoms. The first-order chi connectivity index (χ1) is 6.76. The molecule has 0 aliphatic rings. The van der Waals surface area contributed by atoms with Crippen LogP contribution in [0.25, 0.3) is 0 Å². The van der Waals surface area contributed by atoms with Crippen molar-refractivity contribution in [1.29, 1.82) is 0 Å². The monoisotopic (exact) mass is 237 g/mol. The first-order valence-corrected chi connectivity index (χ1v) is 6.25. The Kier molecular flexibility index (Phi) is 5.57. The van der Waals surface area contributed by atoms with Crippen LogP contribution in [0.1, 0.15) is 13.8 Å². The number of carbonyl (C=O) groups is 1. The van der Waals surface area contributed by atoms with Crippen molar-refractivity contribution in [2.24, 2.45) is 11.7 Å². The Morgan fingerprint density at radius 2 is 2.13 bits per heavy atom. The number of hydrogen-bond acceptors (Lipinski definition) is 4. The van der Waals surface area contributed by atoms with Gasteiger partial charge in [0.1, 0.15) is 5.70 Å². The summed E-state index contributed by atoms with van der Waals surface area (Å²) in [4.78, 5) is 28.4. The van der Waals surface area contributed by atoms with Crippen molar-refractivity contribution in [3.05, 3.63) is 11.8 Å². The molecule has 0 aromatic heterocycles.